The Hall–Kier alpha value is -1.55. The summed E-state index contributed by atoms with van der Waals surface area (Å²) < 4.78 is 1.51. The molecule has 0 spiro atoms. The van der Waals surface area contributed by atoms with E-state index in [0.717, 1.165) is 36.9 Å². The van der Waals surface area contributed by atoms with Crippen LogP contribution in [0.2, 0.25) is 5.15 Å². The van der Waals surface area contributed by atoms with Gasteiger partial charge in [0.1, 0.15) is 5.69 Å². The number of H-pyrrole nitrogens is 1. The van der Waals surface area contributed by atoms with Gasteiger partial charge in [-0.25, -0.2) is 9.67 Å². The van der Waals surface area contributed by atoms with Gasteiger partial charge >= 0.3 is 0 Å². The van der Waals surface area contributed by atoms with Gasteiger partial charge in [0.05, 0.1) is 0 Å². The Balaban J connectivity index is 2.20. The molecule has 0 radical (unpaired) electrons. The molecule has 0 saturated carbocycles. The quantitative estimate of drug-likeness (QED) is 0.787. The largest absolute Gasteiger partial charge is 0.295 e. The molecule has 0 saturated heterocycles. The van der Waals surface area contributed by atoms with Gasteiger partial charge in [0.15, 0.2) is 5.15 Å². The molecule has 1 N–H and O–H groups in total. The Kier molecular flexibility index (Phi) is 2.52. The summed E-state index contributed by atoms with van der Waals surface area (Å²) in [7, 11) is 0. The van der Waals surface area contributed by atoms with Crippen molar-refractivity contribution in [1.82, 2.24) is 14.8 Å². The molecule has 2 heterocycles. The van der Waals surface area contributed by atoms with E-state index in [4.69, 9.17) is 11.6 Å². The fourth-order valence-electron chi connectivity index (χ4n) is 2.30. The van der Waals surface area contributed by atoms with Gasteiger partial charge in [0, 0.05) is 17.5 Å². The van der Waals surface area contributed by atoms with Crippen LogP contribution in [0.15, 0.2) is 23.1 Å². The average Bonchev–Trinajstić information content (AvgIpc) is 2.68. The number of nitrogens with zero attached hydrogens (tertiary/aromatic N) is 2. The molecule has 0 aromatic carbocycles. The first kappa shape index (κ1) is 10.6. The van der Waals surface area contributed by atoms with Crippen LogP contribution in [0.4, 0.5) is 0 Å². The number of halogens is 1. The highest BCUT2D eigenvalue weighted by atomic mass is 35.5. The number of aryl methyl sites for hydroxylation is 1. The van der Waals surface area contributed by atoms with Crippen molar-refractivity contribution in [2.75, 3.05) is 0 Å². The summed E-state index contributed by atoms with van der Waals surface area (Å²) in [5.74, 6) is 0. The summed E-state index contributed by atoms with van der Waals surface area (Å²) in [6, 6.07) is 3.56. The van der Waals surface area contributed by atoms with Crippen LogP contribution in [-0.4, -0.2) is 14.8 Å². The molecular formula is C12H12ClN3O. The summed E-state index contributed by atoms with van der Waals surface area (Å²) in [5.41, 5.74) is 2.57. The topological polar surface area (TPSA) is 50.7 Å². The zero-order chi connectivity index (χ0) is 11.8. The molecular weight excluding hydrogens is 238 g/mol. The Morgan fingerprint density at radius 1 is 1.35 bits per heavy atom. The van der Waals surface area contributed by atoms with Crippen LogP contribution >= 0.6 is 11.6 Å². The SMILES string of the molecule is O=c1c2c([nH]n1-c1cccnc1Cl)CCCC2. The van der Waals surface area contributed by atoms with Crippen LogP contribution in [0.3, 0.4) is 0 Å². The monoisotopic (exact) mass is 249 g/mol. The fourth-order valence-corrected chi connectivity index (χ4v) is 2.50. The zero-order valence-electron chi connectivity index (χ0n) is 9.24. The van der Waals surface area contributed by atoms with Crippen LogP contribution < -0.4 is 5.56 Å². The second kappa shape index (κ2) is 4.04. The van der Waals surface area contributed by atoms with E-state index in [1.165, 1.54) is 4.68 Å². The Labute approximate surface area is 103 Å². The van der Waals surface area contributed by atoms with Gasteiger partial charge in [-0.15, -0.1) is 0 Å². The zero-order valence-corrected chi connectivity index (χ0v) is 10.00. The highest BCUT2D eigenvalue weighted by molar-refractivity contribution is 6.31. The minimum absolute atomic E-state index is 0.00889. The molecule has 3 rings (SSSR count). The lowest BCUT2D eigenvalue weighted by atomic mass is 9.98. The minimum Gasteiger partial charge on any atom is -0.295 e. The first-order valence-corrected chi connectivity index (χ1v) is 6.09. The van der Waals surface area contributed by atoms with Crippen LogP contribution in [-0.2, 0) is 12.8 Å². The first-order chi connectivity index (χ1) is 8.27. The van der Waals surface area contributed by atoms with Crippen LogP contribution in [0, 0.1) is 0 Å². The van der Waals surface area contributed by atoms with E-state index in [-0.39, 0.29) is 5.56 Å². The smallest absolute Gasteiger partial charge is 0.274 e. The third kappa shape index (κ3) is 1.69. The first-order valence-electron chi connectivity index (χ1n) is 5.71. The summed E-state index contributed by atoms with van der Waals surface area (Å²) in [6.45, 7) is 0. The van der Waals surface area contributed by atoms with Crippen LogP contribution in [0.1, 0.15) is 24.1 Å². The van der Waals surface area contributed by atoms with Crippen molar-refractivity contribution in [2.24, 2.45) is 0 Å². The average molecular weight is 250 g/mol. The van der Waals surface area contributed by atoms with E-state index in [0.29, 0.717) is 10.8 Å². The third-order valence-corrected chi connectivity index (χ3v) is 3.45. The molecule has 0 bridgehead atoms. The van der Waals surface area contributed by atoms with E-state index in [2.05, 4.69) is 10.1 Å². The fraction of sp³-hybridized carbons (Fsp3) is 0.333. The number of hydrogen-bond acceptors (Lipinski definition) is 2. The van der Waals surface area contributed by atoms with Crippen molar-refractivity contribution in [3.05, 3.63) is 45.1 Å². The van der Waals surface area contributed by atoms with Crippen molar-refractivity contribution in [1.29, 1.82) is 0 Å². The van der Waals surface area contributed by atoms with Gasteiger partial charge in [-0.1, -0.05) is 11.6 Å². The number of aromatic nitrogens is 3. The van der Waals surface area contributed by atoms with Gasteiger partial charge in [-0.3, -0.25) is 9.89 Å². The highest BCUT2D eigenvalue weighted by Gasteiger charge is 2.19. The maximum atomic E-state index is 12.2. The Morgan fingerprint density at radius 3 is 2.94 bits per heavy atom. The molecule has 0 amide bonds. The molecule has 17 heavy (non-hydrogen) atoms. The lowest BCUT2D eigenvalue weighted by Crippen LogP contribution is -2.18. The molecule has 0 fully saturated rings. The summed E-state index contributed by atoms with van der Waals surface area (Å²) in [4.78, 5) is 16.2. The van der Waals surface area contributed by atoms with E-state index in [1.807, 2.05) is 0 Å². The van der Waals surface area contributed by atoms with Crippen LogP contribution in [0.25, 0.3) is 5.69 Å². The third-order valence-electron chi connectivity index (χ3n) is 3.16. The van der Waals surface area contributed by atoms with Gasteiger partial charge in [0.25, 0.3) is 5.56 Å². The van der Waals surface area contributed by atoms with Crippen LogP contribution in [0.5, 0.6) is 0 Å². The van der Waals surface area contributed by atoms with Crippen molar-refractivity contribution in [3.63, 3.8) is 0 Å². The molecule has 4 nitrogen and oxygen atoms in total. The molecule has 0 unspecified atom stereocenters. The number of rotatable bonds is 1. The number of pyridine rings is 1. The summed E-state index contributed by atoms with van der Waals surface area (Å²) >= 11 is 6.00. The molecule has 1 aliphatic rings. The maximum Gasteiger partial charge on any atom is 0.274 e. The Bertz CT molecular complexity index is 614. The molecule has 5 heteroatoms. The van der Waals surface area contributed by atoms with Gasteiger partial charge in [0.2, 0.25) is 0 Å². The van der Waals surface area contributed by atoms with Crippen molar-refractivity contribution >= 4 is 11.6 Å². The van der Waals surface area contributed by atoms with Crippen molar-refractivity contribution in [3.8, 4) is 5.69 Å². The summed E-state index contributed by atoms with van der Waals surface area (Å²) in [5, 5.41) is 3.48. The highest BCUT2D eigenvalue weighted by Crippen LogP contribution is 2.20. The predicted octanol–water partition coefficient (Wildman–Crippen LogP) is 2.09. The van der Waals surface area contributed by atoms with E-state index >= 15 is 0 Å². The molecule has 2 aromatic rings. The molecule has 0 aliphatic heterocycles. The lowest BCUT2D eigenvalue weighted by Gasteiger charge is -2.07. The molecule has 2 aromatic heterocycles. The summed E-state index contributed by atoms with van der Waals surface area (Å²) in [6.07, 6.45) is 5.62. The Morgan fingerprint density at radius 2 is 2.18 bits per heavy atom. The number of hydrogen-bond donors (Lipinski definition) is 1. The van der Waals surface area contributed by atoms with Gasteiger partial charge in [-0.05, 0) is 37.8 Å². The minimum atomic E-state index is 0.00889. The second-order valence-electron chi connectivity index (χ2n) is 4.23. The van der Waals surface area contributed by atoms with Gasteiger partial charge in [-0.2, -0.15) is 0 Å². The van der Waals surface area contributed by atoms with Crippen molar-refractivity contribution < 1.29 is 0 Å². The molecule has 0 atom stereocenters. The van der Waals surface area contributed by atoms with Crippen molar-refractivity contribution in [2.45, 2.75) is 25.7 Å². The normalized spacial score (nSPS) is 14.6. The van der Waals surface area contributed by atoms with E-state index in [9.17, 15) is 4.79 Å². The van der Waals surface area contributed by atoms with Gasteiger partial charge < -0.3 is 0 Å². The maximum absolute atomic E-state index is 12.2. The standard InChI is InChI=1S/C12H12ClN3O/c13-11-10(6-3-7-14-11)16-12(17)8-4-1-2-5-9(8)15-16/h3,6-7,15H,1-2,4-5H2. The number of aromatic amines is 1. The second-order valence-corrected chi connectivity index (χ2v) is 4.59. The molecule has 1 aliphatic carbocycles. The predicted molar refractivity (Wildman–Crippen MR) is 65.8 cm³/mol. The number of fused-ring (bicyclic) bond motifs is 1. The van der Waals surface area contributed by atoms with E-state index < -0.39 is 0 Å². The van der Waals surface area contributed by atoms with E-state index in [1.54, 1.807) is 18.3 Å². The molecule has 88 valence electrons. The number of nitrogens with one attached hydrogen (secondary N) is 1. The lowest BCUT2D eigenvalue weighted by molar-refractivity contribution is 0.671.